The highest BCUT2D eigenvalue weighted by Gasteiger charge is 2.34. The first-order chi connectivity index (χ1) is 20.4. The second-order valence-corrected chi connectivity index (χ2v) is 11.6. The fourth-order valence-corrected chi connectivity index (χ4v) is 6.26. The predicted octanol–water partition coefficient (Wildman–Crippen LogP) is 3.30. The van der Waals surface area contributed by atoms with Crippen LogP contribution < -0.4 is 21.3 Å². The van der Waals surface area contributed by atoms with Crippen molar-refractivity contribution in [2.75, 3.05) is 0 Å². The van der Waals surface area contributed by atoms with Crippen molar-refractivity contribution in [3.05, 3.63) is 74.1 Å². The normalized spacial score (nSPS) is 23.7. The molecule has 0 saturated carbocycles. The highest BCUT2D eigenvalue weighted by atomic mass is 16.4. The van der Waals surface area contributed by atoms with Gasteiger partial charge in [-0.3, -0.25) is 14.4 Å². The van der Waals surface area contributed by atoms with E-state index >= 15 is 0 Å². The van der Waals surface area contributed by atoms with Crippen molar-refractivity contribution in [3.8, 4) is 0 Å². The molecule has 0 bridgehead atoms. The Bertz CT molecular complexity index is 1640. The molecule has 0 aliphatic carbocycles. The second-order valence-electron chi connectivity index (χ2n) is 11.6. The Balaban J connectivity index is 1.86. The summed E-state index contributed by atoms with van der Waals surface area (Å²) in [5, 5.41) is 36.8. The van der Waals surface area contributed by atoms with Gasteiger partial charge in [0, 0.05) is 64.0 Å². The van der Waals surface area contributed by atoms with Crippen LogP contribution in [0.2, 0.25) is 0 Å². The lowest BCUT2D eigenvalue weighted by molar-refractivity contribution is -0.138. The molecule has 2 aromatic heterocycles. The van der Waals surface area contributed by atoms with E-state index in [0.717, 1.165) is 62.0 Å². The summed E-state index contributed by atoms with van der Waals surface area (Å²) in [4.78, 5) is 42.4. The third-order valence-corrected chi connectivity index (χ3v) is 8.96. The van der Waals surface area contributed by atoms with Gasteiger partial charge in [0.2, 0.25) is 5.91 Å². The first kappa shape index (κ1) is 31.5. The molecule has 230 valence electrons. The Morgan fingerprint density at radius 2 is 1.56 bits per heavy atom. The number of nitrogens with one attached hydrogen (secondary N) is 4. The number of aliphatic carboxylic acids is 2. The largest absolute Gasteiger partial charge is 0.495 e. The van der Waals surface area contributed by atoms with Crippen LogP contribution in [0.4, 0.5) is 0 Å². The van der Waals surface area contributed by atoms with Crippen molar-refractivity contribution in [2.24, 2.45) is 17.8 Å². The SMILES string of the molecule is C=CC1=C(O)N[C@H](/C=c2/[nH]/c(=C\c3[nH]c(/C=C4\NC(=O)[C@H](C)[C@H]4CC)c(C)c3CCC(=O)O)c(CCC(=O)O)c2C)C1C. The van der Waals surface area contributed by atoms with E-state index < -0.39 is 11.9 Å². The van der Waals surface area contributed by atoms with E-state index in [4.69, 9.17) is 0 Å². The molecule has 4 atom stereocenters. The molecular formula is C33H42N4O6. The number of rotatable bonds is 11. The zero-order valence-corrected chi connectivity index (χ0v) is 25.4. The average Bonchev–Trinajstić information content (AvgIpc) is 3.59. The lowest BCUT2D eigenvalue weighted by Crippen LogP contribution is -2.28. The summed E-state index contributed by atoms with van der Waals surface area (Å²) in [5.74, 6) is -1.81. The first-order valence-corrected chi connectivity index (χ1v) is 14.8. The van der Waals surface area contributed by atoms with Gasteiger partial charge < -0.3 is 35.9 Å². The van der Waals surface area contributed by atoms with Crippen molar-refractivity contribution < 1.29 is 29.7 Å². The van der Waals surface area contributed by atoms with Gasteiger partial charge in [0.15, 0.2) is 5.88 Å². The minimum Gasteiger partial charge on any atom is -0.495 e. The van der Waals surface area contributed by atoms with Gasteiger partial charge in [0.25, 0.3) is 0 Å². The second kappa shape index (κ2) is 12.8. The number of aromatic amines is 2. The van der Waals surface area contributed by atoms with E-state index in [1.54, 1.807) is 6.08 Å². The molecular weight excluding hydrogens is 548 g/mol. The molecule has 2 aliphatic rings. The minimum absolute atomic E-state index is 0.0105. The molecule has 2 aromatic rings. The molecule has 1 unspecified atom stereocenters. The standard InChI is InChI=1S/C33H42N4O6/c1-7-20-19(6)32(42)37-27(20)14-25-18(5)23(10-12-31(40)41)29(35-25)15-28-22(9-11-30(38)39)17(4)24(34-28)13-26-16(3)21(8-2)33(43)36-26/h8,13-16,19-20,26,34-36,43H,2,7,9-12H2,1,3-6H3,(H,37,42)(H,38,39)(H,40,41)/b24-13+,27-14-,28-15-/t16?,19-,20-,26-/m1/s1. The molecule has 2 aliphatic heterocycles. The molecule has 0 aromatic carbocycles. The summed E-state index contributed by atoms with van der Waals surface area (Å²) in [5.41, 5.74) is 6.57. The first-order valence-electron chi connectivity index (χ1n) is 14.8. The fraction of sp³-hybridized carbons (Fsp3) is 0.424. The number of carboxylic acids is 2. The van der Waals surface area contributed by atoms with Crippen LogP contribution in [0, 0.1) is 31.6 Å². The summed E-state index contributed by atoms with van der Waals surface area (Å²) in [7, 11) is 0. The van der Waals surface area contributed by atoms with Crippen LogP contribution >= 0.6 is 0 Å². The number of amides is 1. The highest BCUT2D eigenvalue weighted by Crippen LogP contribution is 2.32. The van der Waals surface area contributed by atoms with Crippen molar-refractivity contribution in [1.82, 2.24) is 20.6 Å². The number of allylic oxidation sites excluding steroid dienone is 2. The molecule has 1 fully saturated rings. The van der Waals surface area contributed by atoms with E-state index in [0.29, 0.717) is 12.8 Å². The zero-order chi connectivity index (χ0) is 31.6. The quantitative estimate of drug-likeness (QED) is 0.211. The predicted molar refractivity (Wildman–Crippen MR) is 165 cm³/mol. The maximum absolute atomic E-state index is 12.4. The Kier molecular flexibility index (Phi) is 9.37. The number of hydrogen-bond acceptors (Lipinski definition) is 5. The van der Waals surface area contributed by atoms with E-state index in [-0.39, 0.29) is 48.4 Å². The Morgan fingerprint density at radius 3 is 2.14 bits per heavy atom. The van der Waals surface area contributed by atoms with Crippen LogP contribution in [0.25, 0.3) is 18.2 Å². The van der Waals surface area contributed by atoms with E-state index in [1.165, 1.54) is 0 Å². The van der Waals surface area contributed by atoms with Crippen molar-refractivity contribution in [1.29, 1.82) is 0 Å². The maximum atomic E-state index is 12.4. The number of carbonyl (C=O) groups is 3. The number of hydrogen-bond donors (Lipinski definition) is 7. The van der Waals surface area contributed by atoms with Gasteiger partial charge in [-0.2, -0.15) is 0 Å². The summed E-state index contributed by atoms with van der Waals surface area (Å²) in [6, 6.07) is -0.196. The Morgan fingerprint density at radius 1 is 0.907 bits per heavy atom. The van der Waals surface area contributed by atoms with Gasteiger partial charge in [-0.15, -0.1) is 0 Å². The molecule has 7 N–H and O–H groups in total. The van der Waals surface area contributed by atoms with Gasteiger partial charge in [0.05, 0.1) is 6.04 Å². The number of aliphatic hydroxyl groups is 1. The minimum atomic E-state index is -0.905. The lowest BCUT2D eigenvalue weighted by atomic mass is 9.92. The Hall–Kier alpha value is -4.47. The number of carboxylic acid groups (broad SMARTS) is 2. The maximum Gasteiger partial charge on any atom is 0.303 e. The van der Waals surface area contributed by atoms with E-state index in [9.17, 15) is 29.7 Å². The van der Waals surface area contributed by atoms with Crippen LogP contribution in [0.3, 0.4) is 0 Å². The monoisotopic (exact) mass is 590 g/mol. The molecule has 43 heavy (non-hydrogen) atoms. The molecule has 10 nitrogen and oxygen atoms in total. The highest BCUT2D eigenvalue weighted by molar-refractivity contribution is 5.86. The Labute approximate surface area is 251 Å². The number of carbonyl (C=O) groups excluding carboxylic acids is 1. The van der Waals surface area contributed by atoms with Crippen molar-refractivity contribution in [3.63, 3.8) is 0 Å². The summed E-state index contributed by atoms with van der Waals surface area (Å²) in [6.07, 6.45) is 8.79. The molecule has 4 rings (SSSR count). The molecule has 0 spiro atoms. The third kappa shape index (κ3) is 6.48. The van der Waals surface area contributed by atoms with Crippen LogP contribution in [0.5, 0.6) is 0 Å². The number of aliphatic hydroxyl groups excluding tert-OH is 1. The van der Waals surface area contributed by atoms with Gasteiger partial charge in [0.1, 0.15) is 0 Å². The summed E-state index contributed by atoms with van der Waals surface area (Å²) >= 11 is 0. The smallest absolute Gasteiger partial charge is 0.303 e. The molecule has 1 amide bonds. The molecule has 1 saturated heterocycles. The summed E-state index contributed by atoms with van der Waals surface area (Å²) < 4.78 is 0. The molecule has 4 heterocycles. The van der Waals surface area contributed by atoms with Crippen molar-refractivity contribution >= 4 is 36.1 Å². The topological polar surface area (TPSA) is 168 Å². The van der Waals surface area contributed by atoms with E-state index in [1.807, 2.05) is 52.8 Å². The van der Waals surface area contributed by atoms with Gasteiger partial charge in [-0.25, -0.2) is 0 Å². The van der Waals surface area contributed by atoms with E-state index in [2.05, 4.69) is 27.2 Å². The van der Waals surface area contributed by atoms with Crippen LogP contribution in [-0.4, -0.2) is 49.2 Å². The van der Waals surface area contributed by atoms with Gasteiger partial charge >= 0.3 is 11.9 Å². The number of H-pyrrole nitrogens is 2. The van der Waals surface area contributed by atoms with Crippen LogP contribution in [-0.2, 0) is 27.2 Å². The summed E-state index contributed by atoms with van der Waals surface area (Å²) in [6.45, 7) is 13.6. The van der Waals surface area contributed by atoms with Gasteiger partial charge in [-0.05, 0) is 73.6 Å². The lowest BCUT2D eigenvalue weighted by Gasteiger charge is -2.12. The zero-order valence-electron chi connectivity index (χ0n) is 25.4. The fourth-order valence-electron chi connectivity index (χ4n) is 6.26. The average molecular weight is 591 g/mol. The third-order valence-electron chi connectivity index (χ3n) is 8.96. The molecule has 10 heteroatoms. The van der Waals surface area contributed by atoms with Crippen LogP contribution in [0.15, 0.2) is 29.8 Å². The van der Waals surface area contributed by atoms with Crippen LogP contribution in [0.1, 0.15) is 73.7 Å². The molecule has 0 radical (unpaired) electrons. The van der Waals surface area contributed by atoms with Gasteiger partial charge in [-0.1, -0.05) is 33.4 Å². The number of aromatic nitrogens is 2. The van der Waals surface area contributed by atoms with Crippen molar-refractivity contribution in [2.45, 2.75) is 72.8 Å².